The van der Waals surface area contributed by atoms with Gasteiger partial charge in [-0.3, -0.25) is 9.59 Å². The molecule has 2 aromatic rings. The lowest BCUT2D eigenvalue weighted by molar-refractivity contribution is -0.129. The second kappa shape index (κ2) is 6.01. The highest BCUT2D eigenvalue weighted by Gasteiger charge is 2.38. The van der Waals surface area contributed by atoms with Gasteiger partial charge in [0, 0.05) is 0 Å². The van der Waals surface area contributed by atoms with Crippen LogP contribution in [0.5, 0.6) is 17.2 Å². The van der Waals surface area contributed by atoms with Crippen LogP contribution >= 0.6 is 0 Å². The Balaban J connectivity index is 1.62. The number of para-hydroxylation sites is 4. The maximum absolute atomic E-state index is 13.0. The number of hydrogen-bond acceptors (Lipinski definition) is 5. The van der Waals surface area contributed by atoms with Gasteiger partial charge < -0.3 is 24.8 Å². The molecule has 0 spiro atoms. The number of hydrogen-bond donors (Lipinski definition) is 1. The first-order valence-electron chi connectivity index (χ1n) is 7.88. The standard InChI is InChI=1S/C18H16N2O5/c19-17(21)15-9-20(11-5-1-2-6-12(11)24-15)18(22)16-10-23-13-7-3-4-8-14(13)25-16/h1-8,15-16H,9-10H2,(H2,19,21). The Morgan fingerprint density at radius 2 is 1.56 bits per heavy atom. The summed E-state index contributed by atoms with van der Waals surface area (Å²) in [4.78, 5) is 26.1. The van der Waals surface area contributed by atoms with E-state index in [0.717, 1.165) is 0 Å². The Bertz CT molecular complexity index is 838. The first kappa shape index (κ1) is 15.3. The van der Waals surface area contributed by atoms with Crippen LogP contribution in [0.2, 0.25) is 0 Å². The van der Waals surface area contributed by atoms with Crippen LogP contribution in [0.1, 0.15) is 0 Å². The van der Waals surface area contributed by atoms with Gasteiger partial charge in [-0.15, -0.1) is 0 Å². The van der Waals surface area contributed by atoms with Crippen molar-refractivity contribution < 1.29 is 23.8 Å². The van der Waals surface area contributed by atoms with Crippen molar-refractivity contribution in [2.75, 3.05) is 18.1 Å². The van der Waals surface area contributed by atoms with Gasteiger partial charge in [-0.2, -0.15) is 0 Å². The molecule has 4 rings (SSSR count). The molecule has 25 heavy (non-hydrogen) atoms. The number of primary amides is 1. The molecule has 2 amide bonds. The Morgan fingerprint density at radius 3 is 2.32 bits per heavy atom. The van der Waals surface area contributed by atoms with Crippen LogP contribution in [0.4, 0.5) is 5.69 Å². The molecule has 2 N–H and O–H groups in total. The third-order valence-electron chi connectivity index (χ3n) is 4.14. The molecule has 0 fully saturated rings. The molecule has 2 atom stereocenters. The largest absolute Gasteiger partial charge is 0.485 e. The van der Waals surface area contributed by atoms with Crippen molar-refractivity contribution in [1.29, 1.82) is 0 Å². The Labute approximate surface area is 143 Å². The average Bonchev–Trinajstić information content (AvgIpc) is 2.66. The fourth-order valence-electron chi connectivity index (χ4n) is 2.91. The van der Waals surface area contributed by atoms with Crippen molar-refractivity contribution in [1.82, 2.24) is 0 Å². The molecule has 2 aliphatic rings. The SMILES string of the molecule is NC(=O)C1CN(C(=O)C2COc3ccccc3O2)c2ccccc2O1. The van der Waals surface area contributed by atoms with Crippen molar-refractivity contribution >= 4 is 17.5 Å². The highest BCUT2D eigenvalue weighted by atomic mass is 16.6. The molecule has 2 aliphatic heterocycles. The third kappa shape index (κ3) is 2.73. The van der Waals surface area contributed by atoms with Gasteiger partial charge in [0.1, 0.15) is 12.4 Å². The lowest BCUT2D eigenvalue weighted by Gasteiger charge is -2.36. The monoisotopic (exact) mass is 340 g/mol. The third-order valence-corrected chi connectivity index (χ3v) is 4.14. The Hall–Kier alpha value is -3.22. The van der Waals surface area contributed by atoms with Gasteiger partial charge >= 0.3 is 0 Å². The van der Waals surface area contributed by atoms with Gasteiger partial charge in [0.05, 0.1) is 12.2 Å². The molecule has 0 saturated carbocycles. The zero-order valence-corrected chi connectivity index (χ0v) is 13.3. The summed E-state index contributed by atoms with van der Waals surface area (Å²) in [6.07, 6.45) is -1.72. The van der Waals surface area contributed by atoms with Crippen molar-refractivity contribution in [3.05, 3.63) is 48.5 Å². The number of anilines is 1. The number of fused-ring (bicyclic) bond motifs is 2. The number of carbonyl (C=O) groups is 2. The number of nitrogens with two attached hydrogens (primary N) is 1. The zero-order valence-electron chi connectivity index (χ0n) is 13.3. The minimum Gasteiger partial charge on any atom is -0.485 e. The number of nitrogens with zero attached hydrogens (tertiary/aromatic N) is 1. The van der Waals surface area contributed by atoms with Crippen molar-refractivity contribution in [2.24, 2.45) is 5.73 Å². The maximum Gasteiger partial charge on any atom is 0.271 e. The molecule has 2 aromatic carbocycles. The van der Waals surface area contributed by atoms with Crippen LogP contribution in [0, 0.1) is 0 Å². The molecule has 128 valence electrons. The van der Waals surface area contributed by atoms with Gasteiger partial charge in [-0.05, 0) is 24.3 Å². The van der Waals surface area contributed by atoms with Crippen LogP contribution in [0.3, 0.4) is 0 Å². The second-order valence-electron chi connectivity index (χ2n) is 5.79. The molecule has 0 radical (unpaired) electrons. The summed E-state index contributed by atoms with van der Waals surface area (Å²) in [6, 6.07) is 14.2. The molecule has 7 nitrogen and oxygen atoms in total. The predicted molar refractivity (Wildman–Crippen MR) is 88.8 cm³/mol. The van der Waals surface area contributed by atoms with Crippen LogP contribution in [-0.2, 0) is 9.59 Å². The molecule has 7 heteroatoms. The average molecular weight is 340 g/mol. The second-order valence-corrected chi connectivity index (χ2v) is 5.79. The van der Waals surface area contributed by atoms with Gasteiger partial charge in [-0.25, -0.2) is 0 Å². The van der Waals surface area contributed by atoms with E-state index < -0.39 is 18.1 Å². The summed E-state index contributed by atoms with van der Waals surface area (Å²) in [5.41, 5.74) is 5.95. The molecule has 2 unspecified atom stereocenters. The van der Waals surface area contributed by atoms with Crippen molar-refractivity contribution in [3.63, 3.8) is 0 Å². The molecule has 0 aliphatic carbocycles. The quantitative estimate of drug-likeness (QED) is 0.884. The fourth-order valence-corrected chi connectivity index (χ4v) is 2.91. The maximum atomic E-state index is 13.0. The fraction of sp³-hybridized carbons (Fsp3) is 0.222. The molecular weight excluding hydrogens is 324 g/mol. The highest BCUT2D eigenvalue weighted by molar-refractivity contribution is 6.00. The van der Waals surface area contributed by atoms with E-state index in [4.69, 9.17) is 19.9 Å². The predicted octanol–water partition coefficient (Wildman–Crippen LogP) is 1.11. The number of benzene rings is 2. The lowest BCUT2D eigenvalue weighted by Crippen LogP contribution is -2.54. The van der Waals surface area contributed by atoms with Crippen LogP contribution in [0.25, 0.3) is 0 Å². The lowest BCUT2D eigenvalue weighted by atomic mass is 10.1. The van der Waals surface area contributed by atoms with Gasteiger partial charge in [0.15, 0.2) is 17.6 Å². The van der Waals surface area contributed by atoms with E-state index in [-0.39, 0.29) is 19.1 Å². The van der Waals surface area contributed by atoms with E-state index >= 15 is 0 Å². The number of rotatable bonds is 2. The minimum atomic E-state index is -0.907. The molecule has 0 aromatic heterocycles. The van der Waals surface area contributed by atoms with E-state index in [0.29, 0.717) is 22.9 Å². The molecule has 0 saturated heterocycles. The van der Waals surface area contributed by atoms with Crippen LogP contribution < -0.4 is 24.8 Å². The summed E-state index contributed by atoms with van der Waals surface area (Å²) < 4.78 is 17.0. The summed E-state index contributed by atoms with van der Waals surface area (Å²) in [7, 11) is 0. The zero-order chi connectivity index (χ0) is 17.4. The summed E-state index contributed by atoms with van der Waals surface area (Å²) >= 11 is 0. The molecular formula is C18H16N2O5. The first-order chi connectivity index (χ1) is 12.1. The topological polar surface area (TPSA) is 91.1 Å². The van der Waals surface area contributed by atoms with E-state index in [2.05, 4.69) is 0 Å². The Morgan fingerprint density at radius 1 is 0.920 bits per heavy atom. The Kier molecular flexibility index (Phi) is 3.68. The summed E-state index contributed by atoms with van der Waals surface area (Å²) in [5, 5.41) is 0. The van der Waals surface area contributed by atoms with E-state index in [1.165, 1.54) is 4.90 Å². The highest BCUT2D eigenvalue weighted by Crippen LogP contribution is 2.35. The van der Waals surface area contributed by atoms with Crippen LogP contribution in [-0.4, -0.2) is 37.2 Å². The summed E-state index contributed by atoms with van der Waals surface area (Å²) in [5.74, 6) is 0.613. The number of ether oxygens (including phenoxy) is 3. The molecule has 2 heterocycles. The molecule has 0 bridgehead atoms. The van der Waals surface area contributed by atoms with Crippen molar-refractivity contribution in [3.8, 4) is 17.2 Å². The van der Waals surface area contributed by atoms with Crippen LogP contribution in [0.15, 0.2) is 48.5 Å². The normalized spacial score (nSPS) is 21.0. The van der Waals surface area contributed by atoms with Gasteiger partial charge in [0.2, 0.25) is 6.10 Å². The van der Waals surface area contributed by atoms with E-state index in [1.807, 2.05) is 12.1 Å². The van der Waals surface area contributed by atoms with Crippen molar-refractivity contribution in [2.45, 2.75) is 12.2 Å². The number of amides is 2. The minimum absolute atomic E-state index is 0.0344. The summed E-state index contributed by atoms with van der Waals surface area (Å²) in [6.45, 7) is 0.128. The van der Waals surface area contributed by atoms with E-state index in [9.17, 15) is 9.59 Å². The smallest absolute Gasteiger partial charge is 0.271 e. The van der Waals surface area contributed by atoms with E-state index in [1.54, 1.807) is 36.4 Å². The van der Waals surface area contributed by atoms with Gasteiger partial charge in [0.25, 0.3) is 11.8 Å². The van der Waals surface area contributed by atoms with Gasteiger partial charge in [-0.1, -0.05) is 24.3 Å². The number of carbonyl (C=O) groups excluding carboxylic acids is 2. The first-order valence-corrected chi connectivity index (χ1v) is 7.88.